The van der Waals surface area contributed by atoms with Crippen molar-refractivity contribution >= 4 is 17.0 Å². The Kier molecular flexibility index (Phi) is 4.83. The van der Waals surface area contributed by atoms with Gasteiger partial charge in [0, 0.05) is 29.2 Å². The van der Waals surface area contributed by atoms with Gasteiger partial charge in [-0.2, -0.15) is 0 Å². The molecule has 0 saturated heterocycles. The van der Waals surface area contributed by atoms with E-state index in [1.165, 1.54) is 4.88 Å². The highest BCUT2D eigenvalue weighted by Gasteiger charge is 2.09. The number of thiazole rings is 1. The van der Waals surface area contributed by atoms with Gasteiger partial charge in [-0.05, 0) is 37.6 Å². The van der Waals surface area contributed by atoms with Crippen molar-refractivity contribution in [3.63, 3.8) is 0 Å². The first-order chi connectivity index (χ1) is 11.5. The number of hydrogen-bond acceptors (Lipinski definition) is 5. The minimum Gasteiger partial charge on any atom is -0.489 e. The van der Waals surface area contributed by atoms with Gasteiger partial charge in [-0.1, -0.05) is 24.3 Å². The average Bonchev–Trinajstić information content (AvgIpc) is 3.00. The second-order valence-corrected chi connectivity index (χ2v) is 7.01. The molecule has 2 N–H and O–H groups in total. The van der Waals surface area contributed by atoms with E-state index in [0.29, 0.717) is 6.61 Å². The molecule has 0 bridgehead atoms. The molecule has 2 aromatic carbocycles. The quantitative estimate of drug-likeness (QED) is 0.556. The topological polar surface area (TPSA) is 51.4 Å². The van der Waals surface area contributed by atoms with Gasteiger partial charge in [0.15, 0.2) is 0 Å². The summed E-state index contributed by atoms with van der Waals surface area (Å²) in [5.74, 6) is 6.75. The zero-order valence-corrected chi connectivity index (χ0v) is 14.9. The van der Waals surface area contributed by atoms with Crippen LogP contribution >= 0.6 is 11.3 Å². The van der Waals surface area contributed by atoms with Crippen LogP contribution in [-0.2, 0) is 6.61 Å². The summed E-state index contributed by atoms with van der Waals surface area (Å²) in [5.41, 5.74) is 4.31. The number of nitrogens with two attached hydrogens (primary N) is 1. The van der Waals surface area contributed by atoms with Crippen molar-refractivity contribution in [3.8, 4) is 16.3 Å². The molecule has 3 rings (SSSR count). The van der Waals surface area contributed by atoms with E-state index < -0.39 is 0 Å². The van der Waals surface area contributed by atoms with Crippen LogP contribution in [0.1, 0.15) is 16.0 Å². The van der Waals surface area contributed by atoms with E-state index in [1.54, 1.807) is 16.3 Å². The molecule has 4 nitrogen and oxygen atoms in total. The molecule has 1 aromatic heterocycles. The van der Waals surface area contributed by atoms with Gasteiger partial charge in [0.05, 0.1) is 5.69 Å². The summed E-state index contributed by atoms with van der Waals surface area (Å²) >= 11 is 1.68. The molecule has 0 spiro atoms. The molecule has 0 fully saturated rings. The van der Waals surface area contributed by atoms with Gasteiger partial charge in [-0.15, -0.1) is 11.3 Å². The minimum absolute atomic E-state index is 0.476. The lowest BCUT2D eigenvalue weighted by molar-refractivity contribution is 0.306. The maximum absolute atomic E-state index is 6.03. The molecule has 0 aliphatic heterocycles. The Morgan fingerprint density at radius 1 is 1.17 bits per heavy atom. The van der Waals surface area contributed by atoms with Crippen LogP contribution in [0.5, 0.6) is 5.75 Å². The molecule has 0 saturated carbocycles. The number of aryl methyl sites for hydroxylation is 2. The monoisotopic (exact) mass is 339 g/mol. The summed E-state index contributed by atoms with van der Waals surface area (Å²) in [6, 6.07) is 14.1. The Bertz CT molecular complexity index is 842. The molecule has 5 heteroatoms. The minimum atomic E-state index is 0.476. The van der Waals surface area contributed by atoms with Crippen LogP contribution in [0.3, 0.4) is 0 Å². The molecule has 0 radical (unpaired) electrons. The van der Waals surface area contributed by atoms with E-state index in [4.69, 9.17) is 10.6 Å². The normalized spacial score (nSPS) is 10.7. The van der Waals surface area contributed by atoms with Gasteiger partial charge >= 0.3 is 0 Å². The van der Waals surface area contributed by atoms with Gasteiger partial charge in [0.25, 0.3) is 0 Å². The molecule has 0 atom stereocenters. The maximum atomic E-state index is 6.03. The zero-order chi connectivity index (χ0) is 17.1. The predicted octanol–water partition coefficient (Wildman–Crippen LogP) is 4.32. The summed E-state index contributed by atoms with van der Waals surface area (Å²) < 4.78 is 6.03. The van der Waals surface area contributed by atoms with Crippen molar-refractivity contribution in [1.82, 2.24) is 4.98 Å². The standard InChI is InChI=1S/C19H21N3OS/c1-13-6-4-9-18(22(3)20)17(13)12-23-16-8-5-7-15(10-16)19-21-11-14(2)24-19/h4-11H,12,20H2,1-3H3. The Morgan fingerprint density at radius 3 is 2.67 bits per heavy atom. The van der Waals surface area contributed by atoms with Crippen molar-refractivity contribution in [2.45, 2.75) is 20.5 Å². The van der Waals surface area contributed by atoms with Crippen molar-refractivity contribution < 1.29 is 4.74 Å². The Morgan fingerprint density at radius 2 is 1.96 bits per heavy atom. The third-order valence-electron chi connectivity index (χ3n) is 3.85. The van der Waals surface area contributed by atoms with Gasteiger partial charge in [0.1, 0.15) is 17.4 Å². The van der Waals surface area contributed by atoms with Crippen LogP contribution in [0.4, 0.5) is 5.69 Å². The number of hydrogen-bond donors (Lipinski definition) is 1. The number of nitrogens with zero attached hydrogens (tertiary/aromatic N) is 2. The summed E-state index contributed by atoms with van der Waals surface area (Å²) in [4.78, 5) is 5.64. The first kappa shape index (κ1) is 16.5. The van der Waals surface area contributed by atoms with Crippen LogP contribution < -0.4 is 15.6 Å². The summed E-state index contributed by atoms with van der Waals surface area (Å²) in [6.45, 7) is 4.61. The zero-order valence-electron chi connectivity index (χ0n) is 14.1. The number of hydrazine groups is 1. The third-order valence-corrected chi connectivity index (χ3v) is 4.81. The van der Waals surface area contributed by atoms with Crippen molar-refractivity contribution in [1.29, 1.82) is 0 Å². The number of benzene rings is 2. The fourth-order valence-corrected chi connectivity index (χ4v) is 3.33. The van der Waals surface area contributed by atoms with Crippen LogP contribution in [0.15, 0.2) is 48.7 Å². The largest absolute Gasteiger partial charge is 0.489 e. The molecular weight excluding hydrogens is 318 g/mol. The molecule has 0 aliphatic rings. The third kappa shape index (κ3) is 3.58. The first-order valence-corrected chi connectivity index (χ1v) is 8.59. The number of ether oxygens (including phenoxy) is 1. The highest BCUT2D eigenvalue weighted by atomic mass is 32.1. The second kappa shape index (κ2) is 7.03. The Balaban J connectivity index is 1.81. The molecule has 24 heavy (non-hydrogen) atoms. The smallest absolute Gasteiger partial charge is 0.123 e. The molecule has 0 unspecified atom stereocenters. The van der Waals surface area contributed by atoms with E-state index in [2.05, 4.69) is 31.0 Å². The number of rotatable bonds is 5. The molecular formula is C19H21N3OS. The molecule has 3 aromatic rings. The van der Waals surface area contributed by atoms with Gasteiger partial charge in [-0.3, -0.25) is 0 Å². The molecule has 1 heterocycles. The Labute approximate surface area is 146 Å². The van der Waals surface area contributed by atoms with Crippen LogP contribution in [0.2, 0.25) is 0 Å². The second-order valence-electron chi connectivity index (χ2n) is 5.78. The maximum Gasteiger partial charge on any atom is 0.123 e. The fourth-order valence-electron chi connectivity index (χ4n) is 2.57. The fraction of sp³-hybridized carbons (Fsp3) is 0.211. The molecule has 124 valence electrons. The summed E-state index contributed by atoms with van der Waals surface area (Å²) in [6.07, 6.45) is 1.89. The SMILES string of the molecule is Cc1cnc(-c2cccc(OCc3c(C)cccc3N(C)N)c2)s1. The molecule has 0 aliphatic carbocycles. The summed E-state index contributed by atoms with van der Waals surface area (Å²) in [5, 5.41) is 2.64. The summed E-state index contributed by atoms with van der Waals surface area (Å²) in [7, 11) is 1.84. The van der Waals surface area contributed by atoms with Gasteiger partial charge in [-0.25, -0.2) is 10.8 Å². The lowest BCUT2D eigenvalue weighted by Gasteiger charge is -2.19. The molecule has 0 amide bonds. The van der Waals surface area contributed by atoms with Crippen molar-refractivity contribution in [2.75, 3.05) is 12.1 Å². The number of aromatic nitrogens is 1. The van der Waals surface area contributed by atoms with E-state index >= 15 is 0 Å². The van der Waals surface area contributed by atoms with Crippen LogP contribution in [0, 0.1) is 13.8 Å². The van der Waals surface area contributed by atoms with E-state index in [0.717, 1.165) is 33.1 Å². The van der Waals surface area contributed by atoms with Crippen molar-refractivity contribution in [2.24, 2.45) is 5.84 Å². The highest BCUT2D eigenvalue weighted by molar-refractivity contribution is 7.14. The average molecular weight is 339 g/mol. The van der Waals surface area contributed by atoms with Crippen LogP contribution in [0.25, 0.3) is 10.6 Å². The van der Waals surface area contributed by atoms with Crippen molar-refractivity contribution in [3.05, 3.63) is 64.7 Å². The van der Waals surface area contributed by atoms with Crippen LogP contribution in [-0.4, -0.2) is 12.0 Å². The lowest BCUT2D eigenvalue weighted by Crippen LogP contribution is -2.26. The lowest BCUT2D eigenvalue weighted by atomic mass is 10.1. The highest BCUT2D eigenvalue weighted by Crippen LogP contribution is 2.29. The van der Waals surface area contributed by atoms with E-state index in [-0.39, 0.29) is 0 Å². The van der Waals surface area contributed by atoms with E-state index in [1.807, 2.05) is 43.6 Å². The Hall–Kier alpha value is -2.37. The van der Waals surface area contributed by atoms with Gasteiger partial charge in [0.2, 0.25) is 0 Å². The predicted molar refractivity (Wildman–Crippen MR) is 100 cm³/mol. The first-order valence-electron chi connectivity index (χ1n) is 7.77. The number of anilines is 1. The van der Waals surface area contributed by atoms with E-state index in [9.17, 15) is 0 Å². The van der Waals surface area contributed by atoms with Gasteiger partial charge < -0.3 is 9.75 Å².